The summed E-state index contributed by atoms with van der Waals surface area (Å²) in [5.74, 6) is 0.897. The van der Waals surface area contributed by atoms with Crippen molar-refractivity contribution in [3.05, 3.63) is 59.3 Å². The molecule has 3 heterocycles. The normalized spacial score (nSPS) is 23.9. The minimum atomic E-state index is -4.33. The molecule has 1 saturated carbocycles. The number of hydrazone groups is 1. The van der Waals surface area contributed by atoms with E-state index in [2.05, 4.69) is 38.6 Å². The molecule has 2 N–H and O–H groups in total. The Morgan fingerprint density at radius 3 is 2.54 bits per heavy atom. The Labute approximate surface area is 202 Å². The zero-order valence-corrected chi connectivity index (χ0v) is 19.7. The lowest BCUT2D eigenvalue weighted by atomic mass is 9.73. The first kappa shape index (κ1) is 22.5. The average Bonchev–Trinajstić information content (AvgIpc) is 3.21. The molecule has 0 unspecified atom stereocenters. The van der Waals surface area contributed by atoms with Crippen molar-refractivity contribution in [3.8, 4) is 5.75 Å². The minimum absolute atomic E-state index is 0.0727. The highest BCUT2D eigenvalue weighted by molar-refractivity contribution is 5.89. The number of nitrogens with one attached hydrogen (secondary N) is 2. The standard InChI is InChI=1S/C27H29F3N4O/c1-35-20-6-7-24-22(16-20)21-11-15-31-23-10-14-26(34(24)25(21)23)12-8-19(9-13-26)33-32-18-4-2-17(3-5-18)27(28,29)30/h2-7,16,23,31-32H,8-15H2,1H3/t23-,26?/m0/s1. The molecule has 2 aliphatic heterocycles. The molecule has 5 nitrogen and oxygen atoms in total. The molecule has 0 saturated heterocycles. The van der Waals surface area contributed by atoms with Crippen molar-refractivity contribution >= 4 is 22.3 Å². The monoisotopic (exact) mass is 482 g/mol. The van der Waals surface area contributed by atoms with E-state index < -0.39 is 11.7 Å². The van der Waals surface area contributed by atoms with Crippen LogP contribution in [0.5, 0.6) is 5.75 Å². The Kier molecular flexibility index (Phi) is 5.32. The number of hydrogen-bond donors (Lipinski definition) is 2. The van der Waals surface area contributed by atoms with Gasteiger partial charge in [0.25, 0.3) is 0 Å². The third kappa shape index (κ3) is 3.78. The SMILES string of the molecule is COc1ccc2c(c1)c1c3n2C2(CCC(=NNc4ccc(C(F)(F)F)cc4)CC2)CC[C@@H]3NCC1. The van der Waals surface area contributed by atoms with Crippen LogP contribution in [0.2, 0.25) is 0 Å². The molecule has 1 aliphatic carbocycles. The second-order valence-corrected chi connectivity index (χ2v) is 9.97. The smallest absolute Gasteiger partial charge is 0.416 e. The summed E-state index contributed by atoms with van der Waals surface area (Å²) in [6.07, 6.45) is 2.73. The van der Waals surface area contributed by atoms with E-state index in [0.717, 1.165) is 75.1 Å². The van der Waals surface area contributed by atoms with E-state index in [1.165, 1.54) is 34.3 Å². The Balaban J connectivity index is 1.26. The molecule has 1 spiro atoms. The Morgan fingerprint density at radius 2 is 1.83 bits per heavy atom. The van der Waals surface area contributed by atoms with Gasteiger partial charge < -0.3 is 14.6 Å². The fraction of sp³-hybridized carbons (Fsp3) is 0.444. The van der Waals surface area contributed by atoms with E-state index in [1.54, 1.807) is 7.11 Å². The molecule has 3 aromatic rings. The van der Waals surface area contributed by atoms with E-state index in [4.69, 9.17) is 4.74 Å². The number of benzene rings is 2. The quantitative estimate of drug-likeness (QED) is 0.426. The van der Waals surface area contributed by atoms with Crippen LogP contribution < -0.4 is 15.5 Å². The van der Waals surface area contributed by atoms with E-state index in [0.29, 0.717) is 11.7 Å². The summed E-state index contributed by atoms with van der Waals surface area (Å²) in [6.45, 7) is 1.01. The molecule has 2 aromatic carbocycles. The van der Waals surface area contributed by atoms with Gasteiger partial charge in [-0.25, -0.2) is 0 Å². The van der Waals surface area contributed by atoms with Crippen LogP contribution >= 0.6 is 0 Å². The fourth-order valence-electron chi connectivity index (χ4n) is 6.32. The van der Waals surface area contributed by atoms with Gasteiger partial charge in [0.1, 0.15) is 5.75 Å². The van der Waals surface area contributed by atoms with Crippen molar-refractivity contribution in [2.75, 3.05) is 19.1 Å². The van der Waals surface area contributed by atoms with Gasteiger partial charge in [-0.05, 0) is 99.5 Å². The first-order valence-electron chi connectivity index (χ1n) is 12.3. The number of aromatic nitrogens is 1. The Bertz CT molecular complexity index is 1280. The largest absolute Gasteiger partial charge is 0.497 e. The second-order valence-electron chi connectivity index (χ2n) is 9.97. The van der Waals surface area contributed by atoms with Crippen molar-refractivity contribution in [2.24, 2.45) is 5.10 Å². The van der Waals surface area contributed by atoms with E-state index in [1.807, 2.05) is 0 Å². The van der Waals surface area contributed by atoms with E-state index in [9.17, 15) is 13.2 Å². The van der Waals surface area contributed by atoms with Crippen molar-refractivity contribution in [1.29, 1.82) is 0 Å². The number of fused-ring (bicyclic) bond motifs is 4. The number of alkyl halides is 3. The number of rotatable bonds is 3. The van der Waals surface area contributed by atoms with Crippen LogP contribution in [0.15, 0.2) is 47.6 Å². The van der Waals surface area contributed by atoms with Gasteiger partial charge in [0.2, 0.25) is 0 Å². The Hall–Kier alpha value is -3.00. The molecule has 1 aromatic heterocycles. The zero-order chi connectivity index (χ0) is 24.2. The van der Waals surface area contributed by atoms with Crippen LogP contribution in [-0.4, -0.2) is 23.9 Å². The first-order chi connectivity index (χ1) is 16.9. The number of halogens is 3. The van der Waals surface area contributed by atoms with Crippen LogP contribution in [0, 0.1) is 0 Å². The maximum absolute atomic E-state index is 12.8. The van der Waals surface area contributed by atoms with Gasteiger partial charge in [0.05, 0.1) is 18.4 Å². The van der Waals surface area contributed by atoms with E-state index >= 15 is 0 Å². The molecule has 6 rings (SSSR count). The fourth-order valence-corrected chi connectivity index (χ4v) is 6.32. The predicted octanol–water partition coefficient (Wildman–Crippen LogP) is 6.39. The van der Waals surface area contributed by atoms with Crippen molar-refractivity contribution < 1.29 is 17.9 Å². The third-order valence-electron chi connectivity index (χ3n) is 8.10. The van der Waals surface area contributed by atoms with Crippen LogP contribution in [-0.2, 0) is 18.1 Å². The zero-order valence-electron chi connectivity index (χ0n) is 19.7. The maximum atomic E-state index is 12.8. The predicted molar refractivity (Wildman–Crippen MR) is 131 cm³/mol. The third-order valence-corrected chi connectivity index (χ3v) is 8.10. The lowest BCUT2D eigenvalue weighted by molar-refractivity contribution is -0.137. The van der Waals surface area contributed by atoms with Gasteiger partial charge in [0, 0.05) is 33.9 Å². The average molecular weight is 483 g/mol. The maximum Gasteiger partial charge on any atom is 0.416 e. The number of methoxy groups -OCH3 is 1. The van der Waals surface area contributed by atoms with Crippen molar-refractivity contribution in [1.82, 2.24) is 9.88 Å². The van der Waals surface area contributed by atoms with Crippen molar-refractivity contribution in [3.63, 3.8) is 0 Å². The van der Waals surface area contributed by atoms with Gasteiger partial charge in [0.15, 0.2) is 0 Å². The molecular formula is C27H29F3N4O. The summed E-state index contributed by atoms with van der Waals surface area (Å²) < 4.78 is 46.6. The molecule has 1 atom stereocenters. The highest BCUT2D eigenvalue weighted by Gasteiger charge is 2.44. The summed E-state index contributed by atoms with van der Waals surface area (Å²) in [6, 6.07) is 11.9. The molecule has 0 bridgehead atoms. The van der Waals surface area contributed by atoms with Gasteiger partial charge in [-0.1, -0.05) is 0 Å². The summed E-state index contributed by atoms with van der Waals surface area (Å²) in [7, 11) is 1.72. The topological polar surface area (TPSA) is 50.6 Å². The highest BCUT2D eigenvalue weighted by atomic mass is 19.4. The van der Waals surface area contributed by atoms with Gasteiger partial charge in [-0.15, -0.1) is 0 Å². The molecule has 1 fully saturated rings. The second kappa shape index (κ2) is 8.29. The van der Waals surface area contributed by atoms with E-state index in [-0.39, 0.29) is 5.54 Å². The van der Waals surface area contributed by atoms with Crippen LogP contribution in [0.25, 0.3) is 10.9 Å². The number of anilines is 1. The summed E-state index contributed by atoms with van der Waals surface area (Å²) in [4.78, 5) is 0. The van der Waals surface area contributed by atoms with Gasteiger partial charge in [-0.3, -0.25) is 5.43 Å². The summed E-state index contributed by atoms with van der Waals surface area (Å²) in [5, 5.41) is 9.61. The molecule has 3 aliphatic rings. The number of ether oxygens (including phenoxy) is 1. The van der Waals surface area contributed by atoms with Gasteiger partial charge >= 0.3 is 6.18 Å². The van der Waals surface area contributed by atoms with Crippen LogP contribution in [0.1, 0.15) is 61.4 Å². The van der Waals surface area contributed by atoms with Crippen LogP contribution in [0.3, 0.4) is 0 Å². The molecule has 35 heavy (non-hydrogen) atoms. The molecule has 0 radical (unpaired) electrons. The highest BCUT2D eigenvalue weighted by Crippen LogP contribution is 2.50. The summed E-state index contributed by atoms with van der Waals surface area (Å²) in [5.41, 5.74) is 8.24. The van der Waals surface area contributed by atoms with Crippen LogP contribution in [0.4, 0.5) is 18.9 Å². The van der Waals surface area contributed by atoms with Gasteiger partial charge in [-0.2, -0.15) is 18.3 Å². The molecule has 8 heteroatoms. The number of nitrogens with zero attached hydrogens (tertiary/aromatic N) is 2. The summed E-state index contributed by atoms with van der Waals surface area (Å²) >= 11 is 0. The lowest BCUT2D eigenvalue weighted by Gasteiger charge is -2.47. The molecule has 0 amide bonds. The van der Waals surface area contributed by atoms with Crippen molar-refractivity contribution in [2.45, 2.75) is 62.7 Å². The molecule has 184 valence electrons. The molecular weight excluding hydrogens is 453 g/mol. The minimum Gasteiger partial charge on any atom is -0.497 e. The number of hydrogen-bond acceptors (Lipinski definition) is 4. The lowest BCUT2D eigenvalue weighted by Crippen LogP contribution is -2.46. The first-order valence-corrected chi connectivity index (χ1v) is 12.3. The Morgan fingerprint density at radius 1 is 1.06 bits per heavy atom.